The summed E-state index contributed by atoms with van der Waals surface area (Å²) in [6, 6.07) is 52.1. The van der Waals surface area contributed by atoms with Crippen molar-refractivity contribution in [2.45, 2.75) is 65.2 Å². The Morgan fingerprint density at radius 3 is 1.95 bits per heavy atom. The minimum absolute atomic E-state index is 0.143. The predicted octanol–water partition coefficient (Wildman–Crippen LogP) is 14.4. The van der Waals surface area contributed by atoms with Crippen molar-refractivity contribution in [3.05, 3.63) is 204 Å². The zero-order chi connectivity index (χ0) is 42.9. The number of allylic oxidation sites excluding steroid dienone is 5. The van der Waals surface area contributed by atoms with Crippen LogP contribution in [0, 0.1) is 6.92 Å². The molecule has 2 aliphatic carbocycles. The summed E-state index contributed by atoms with van der Waals surface area (Å²) < 4.78 is 23.0. The monoisotopic (exact) mass is 850 g/mol. The number of benzene rings is 6. The number of aryl methyl sites for hydroxylation is 1. The molecule has 6 aromatic rings. The Balaban J connectivity index is 1.17. The highest BCUT2D eigenvalue weighted by Gasteiger charge is 2.46. The second-order valence-corrected chi connectivity index (χ2v) is 20.0. The Morgan fingerprint density at radius 2 is 1.29 bits per heavy atom. The third-order valence-electron chi connectivity index (χ3n) is 12.7. The summed E-state index contributed by atoms with van der Waals surface area (Å²) >= 11 is 0. The second kappa shape index (κ2) is 17.7. The molecule has 0 amide bonds. The van der Waals surface area contributed by atoms with E-state index in [0.717, 1.165) is 46.7 Å². The van der Waals surface area contributed by atoms with Crippen molar-refractivity contribution in [3.63, 3.8) is 0 Å². The molecule has 0 aromatic heterocycles. The van der Waals surface area contributed by atoms with Gasteiger partial charge in [0.25, 0.3) is 0 Å². The van der Waals surface area contributed by atoms with Gasteiger partial charge in [0.1, 0.15) is 0 Å². The molecule has 10 rings (SSSR count). The van der Waals surface area contributed by atoms with Gasteiger partial charge in [-0.1, -0.05) is 115 Å². The lowest BCUT2D eigenvalue weighted by Gasteiger charge is -2.45. The first kappa shape index (κ1) is 41.1. The number of nitrogens with zero attached hydrogens (tertiary/aromatic N) is 2. The van der Waals surface area contributed by atoms with Crippen molar-refractivity contribution in [3.8, 4) is 11.1 Å². The van der Waals surface area contributed by atoms with Crippen LogP contribution in [0.5, 0.6) is 0 Å². The standard InChI is InChI=1S/C56H54N2O4S/c1-39-13-11-15-45(35-39)57(43-25-21-41(22-26-43)55(59-3)60-4)47-29-31-51-52-32-30-48(38-54(52)63(53(51)37-47,49-17-7-5-8-18-49)50-19-9-6-10-20-50)58(46-16-12-14-40(2)36-46)44-27-23-42(24-28-44)56-61-33-34-62-56/h5-19,21-32,35,37-38,46,50,55-56H,20,33-34,36H2,1-4H3. The molecular weight excluding hydrogens is 797 g/mol. The van der Waals surface area contributed by atoms with Crippen LogP contribution in [0.15, 0.2) is 202 Å². The summed E-state index contributed by atoms with van der Waals surface area (Å²) in [4.78, 5) is 9.09. The third-order valence-corrected chi connectivity index (χ3v) is 17.1. The summed E-state index contributed by atoms with van der Waals surface area (Å²) in [6.07, 6.45) is 17.2. The number of fused-ring (bicyclic) bond motifs is 3. The van der Waals surface area contributed by atoms with E-state index in [2.05, 4.69) is 206 Å². The first-order valence-corrected chi connectivity index (χ1v) is 23.6. The Labute approximate surface area is 373 Å². The van der Waals surface area contributed by atoms with E-state index in [-0.39, 0.29) is 17.6 Å². The highest BCUT2D eigenvalue weighted by Crippen LogP contribution is 2.80. The van der Waals surface area contributed by atoms with E-state index in [1.54, 1.807) is 14.2 Å². The van der Waals surface area contributed by atoms with Crippen LogP contribution in [0.25, 0.3) is 11.1 Å². The van der Waals surface area contributed by atoms with Gasteiger partial charge in [0.05, 0.1) is 19.3 Å². The van der Waals surface area contributed by atoms with Gasteiger partial charge >= 0.3 is 0 Å². The molecule has 318 valence electrons. The predicted molar refractivity (Wildman–Crippen MR) is 258 cm³/mol. The molecule has 6 nitrogen and oxygen atoms in total. The first-order valence-electron chi connectivity index (χ1n) is 21.9. The number of hydrogen-bond donors (Lipinski definition) is 0. The van der Waals surface area contributed by atoms with E-state index in [0.29, 0.717) is 13.2 Å². The molecule has 2 heterocycles. The number of methoxy groups -OCH3 is 2. The molecule has 1 saturated heterocycles. The molecule has 0 saturated carbocycles. The normalized spacial score (nSPS) is 21.2. The number of ether oxygens (including phenoxy) is 4. The van der Waals surface area contributed by atoms with Crippen molar-refractivity contribution in [2.24, 2.45) is 0 Å². The maximum atomic E-state index is 5.88. The Morgan fingerprint density at radius 1 is 0.619 bits per heavy atom. The lowest BCUT2D eigenvalue weighted by molar-refractivity contribution is -0.106. The maximum absolute atomic E-state index is 5.88. The van der Waals surface area contributed by atoms with Crippen molar-refractivity contribution < 1.29 is 18.9 Å². The van der Waals surface area contributed by atoms with Gasteiger partial charge in [0, 0.05) is 68.8 Å². The molecule has 6 aromatic carbocycles. The summed E-state index contributed by atoms with van der Waals surface area (Å²) in [5.74, 6) is 0. The topological polar surface area (TPSA) is 43.4 Å². The van der Waals surface area contributed by atoms with Crippen molar-refractivity contribution in [2.75, 3.05) is 37.2 Å². The first-order chi connectivity index (χ1) is 31.0. The van der Waals surface area contributed by atoms with Crippen molar-refractivity contribution in [1.29, 1.82) is 0 Å². The summed E-state index contributed by atoms with van der Waals surface area (Å²) in [7, 11) is 1.45. The third kappa shape index (κ3) is 7.58. The van der Waals surface area contributed by atoms with Gasteiger partial charge in [-0.2, -0.15) is 10.0 Å². The highest BCUT2D eigenvalue weighted by atomic mass is 32.3. The van der Waals surface area contributed by atoms with Crippen LogP contribution in [-0.4, -0.2) is 38.7 Å². The van der Waals surface area contributed by atoms with Gasteiger partial charge in [-0.05, 0) is 121 Å². The number of hydrogen-bond acceptors (Lipinski definition) is 6. The zero-order valence-corrected chi connectivity index (χ0v) is 37.2. The van der Waals surface area contributed by atoms with Crippen molar-refractivity contribution in [1.82, 2.24) is 0 Å². The molecule has 63 heavy (non-hydrogen) atoms. The number of anilines is 5. The Kier molecular flexibility index (Phi) is 11.5. The van der Waals surface area contributed by atoms with Crippen LogP contribution in [0.3, 0.4) is 0 Å². The maximum Gasteiger partial charge on any atom is 0.184 e. The number of rotatable bonds is 12. The fourth-order valence-electron chi connectivity index (χ4n) is 9.85. The Bertz CT molecular complexity index is 2720. The van der Waals surface area contributed by atoms with Crippen LogP contribution in [-0.2, 0) is 18.9 Å². The highest BCUT2D eigenvalue weighted by molar-refractivity contribution is 8.34. The fourth-order valence-corrected chi connectivity index (χ4v) is 14.6. The molecule has 0 radical (unpaired) electrons. The van der Waals surface area contributed by atoms with Gasteiger partial charge in [-0.25, -0.2) is 0 Å². The lowest BCUT2D eigenvalue weighted by Crippen LogP contribution is -2.31. The van der Waals surface area contributed by atoms with Gasteiger partial charge in [0.15, 0.2) is 12.6 Å². The van der Waals surface area contributed by atoms with E-state index in [1.165, 1.54) is 42.6 Å². The average Bonchev–Trinajstić information content (AvgIpc) is 3.97. The quantitative estimate of drug-likeness (QED) is 0.114. The van der Waals surface area contributed by atoms with Gasteiger partial charge in [-0.3, -0.25) is 0 Å². The van der Waals surface area contributed by atoms with Gasteiger partial charge in [0.2, 0.25) is 0 Å². The summed E-state index contributed by atoms with van der Waals surface area (Å²) in [5.41, 5.74) is 12.8. The minimum atomic E-state index is -1.90. The molecule has 1 fully saturated rings. The molecule has 4 aliphatic rings. The molecule has 3 atom stereocenters. The lowest BCUT2D eigenvalue weighted by atomic mass is 9.98. The Hall–Kier alpha value is -5.93. The smallest absolute Gasteiger partial charge is 0.184 e. The van der Waals surface area contributed by atoms with Crippen LogP contribution < -0.4 is 9.80 Å². The minimum Gasteiger partial charge on any atom is -0.352 e. The van der Waals surface area contributed by atoms with E-state index in [4.69, 9.17) is 18.9 Å². The second-order valence-electron chi connectivity index (χ2n) is 16.7. The van der Waals surface area contributed by atoms with Crippen molar-refractivity contribution >= 4 is 38.5 Å². The SMILES string of the molecule is COC(OC)c1ccc(N(c2cccc(C)c2)c2ccc3c(c2)S(c2ccccc2)(C2C=CC=CC2)c2cc(N(c4ccc(C5OCCO5)cc4)C4C=CC=C(C)C4)ccc2-3)cc1. The summed E-state index contributed by atoms with van der Waals surface area (Å²) in [6.45, 7) is 5.64. The summed E-state index contributed by atoms with van der Waals surface area (Å²) in [5, 5.41) is 0.237. The molecule has 0 bridgehead atoms. The fraction of sp³-hybridized carbons (Fsp3) is 0.214. The van der Waals surface area contributed by atoms with Crippen LogP contribution in [0.1, 0.15) is 49.0 Å². The zero-order valence-electron chi connectivity index (χ0n) is 36.4. The van der Waals surface area contributed by atoms with Crippen LogP contribution in [0.2, 0.25) is 0 Å². The largest absolute Gasteiger partial charge is 0.352 e. The molecule has 3 unspecified atom stereocenters. The van der Waals surface area contributed by atoms with E-state index in [1.807, 2.05) is 0 Å². The molecule has 0 spiro atoms. The molecular formula is C56H54N2O4S. The molecule has 7 heteroatoms. The van der Waals surface area contributed by atoms with Gasteiger partial charge in [-0.15, -0.1) is 0 Å². The molecule has 0 N–H and O–H groups in total. The van der Waals surface area contributed by atoms with Crippen LogP contribution >= 0.6 is 10.0 Å². The van der Waals surface area contributed by atoms with E-state index >= 15 is 0 Å². The average molecular weight is 851 g/mol. The van der Waals surface area contributed by atoms with E-state index in [9.17, 15) is 0 Å². The van der Waals surface area contributed by atoms with Gasteiger partial charge < -0.3 is 28.7 Å². The van der Waals surface area contributed by atoms with E-state index < -0.39 is 16.3 Å². The van der Waals surface area contributed by atoms with Crippen LogP contribution in [0.4, 0.5) is 28.4 Å². The molecule has 2 aliphatic heterocycles.